The van der Waals surface area contributed by atoms with Crippen LogP contribution in [0.25, 0.3) is 0 Å². The van der Waals surface area contributed by atoms with Gasteiger partial charge in [-0.2, -0.15) is 0 Å². The standard InChI is InChI=1S/C18H21NO6/c1-12-9-15(22-2)16(23-3)10-13(12)11-25-17(20)6-7-19-18(21)14-5-4-8-24-14/h4-5,8-10H,6-7,11H2,1-3H3,(H,19,21). The van der Waals surface area contributed by atoms with Gasteiger partial charge in [0.1, 0.15) is 6.61 Å². The molecule has 0 unspecified atom stereocenters. The maximum absolute atomic E-state index is 11.8. The molecule has 0 saturated carbocycles. The van der Waals surface area contributed by atoms with E-state index in [9.17, 15) is 9.59 Å². The third-order valence-corrected chi connectivity index (χ3v) is 3.59. The molecule has 1 N–H and O–H groups in total. The molecule has 0 spiro atoms. The SMILES string of the molecule is COc1cc(C)c(COC(=O)CCNC(=O)c2ccco2)cc1OC. The average molecular weight is 347 g/mol. The van der Waals surface area contributed by atoms with E-state index in [0.29, 0.717) is 11.5 Å². The van der Waals surface area contributed by atoms with E-state index in [1.54, 1.807) is 32.4 Å². The third kappa shape index (κ3) is 5.00. The summed E-state index contributed by atoms with van der Waals surface area (Å²) < 4.78 is 20.7. The van der Waals surface area contributed by atoms with Gasteiger partial charge in [-0.15, -0.1) is 0 Å². The molecule has 1 aromatic carbocycles. The molecule has 1 heterocycles. The predicted octanol–water partition coefficient (Wildman–Crippen LogP) is 2.47. The Balaban J connectivity index is 1.81. The summed E-state index contributed by atoms with van der Waals surface area (Å²) in [6, 6.07) is 6.77. The zero-order valence-electron chi connectivity index (χ0n) is 14.5. The van der Waals surface area contributed by atoms with Crippen molar-refractivity contribution in [2.75, 3.05) is 20.8 Å². The van der Waals surface area contributed by atoms with Crippen LogP contribution in [-0.2, 0) is 16.1 Å². The lowest BCUT2D eigenvalue weighted by atomic mass is 10.1. The molecule has 25 heavy (non-hydrogen) atoms. The lowest BCUT2D eigenvalue weighted by Gasteiger charge is -2.13. The van der Waals surface area contributed by atoms with Gasteiger partial charge in [0.2, 0.25) is 0 Å². The second-order valence-electron chi connectivity index (χ2n) is 5.28. The number of benzene rings is 1. The Kier molecular flexibility index (Phi) is 6.45. The number of furan rings is 1. The molecule has 1 aromatic heterocycles. The molecule has 7 heteroatoms. The van der Waals surface area contributed by atoms with Gasteiger partial charge in [-0.3, -0.25) is 9.59 Å². The Bertz CT molecular complexity index is 723. The van der Waals surface area contributed by atoms with Crippen molar-refractivity contribution in [2.45, 2.75) is 20.0 Å². The normalized spacial score (nSPS) is 10.2. The Morgan fingerprint density at radius 1 is 1.16 bits per heavy atom. The highest BCUT2D eigenvalue weighted by molar-refractivity contribution is 5.91. The maximum atomic E-state index is 11.8. The highest BCUT2D eigenvalue weighted by Crippen LogP contribution is 2.30. The summed E-state index contributed by atoms with van der Waals surface area (Å²) in [5.74, 6) is 0.623. The number of hydrogen-bond acceptors (Lipinski definition) is 6. The number of aryl methyl sites for hydroxylation is 1. The van der Waals surface area contributed by atoms with Crippen molar-refractivity contribution in [1.29, 1.82) is 0 Å². The summed E-state index contributed by atoms with van der Waals surface area (Å²) in [7, 11) is 3.11. The van der Waals surface area contributed by atoms with Gasteiger partial charge in [-0.25, -0.2) is 0 Å². The van der Waals surface area contributed by atoms with Gasteiger partial charge >= 0.3 is 5.97 Å². The molecule has 0 aliphatic carbocycles. The number of ether oxygens (including phenoxy) is 3. The molecule has 0 saturated heterocycles. The first kappa shape index (κ1) is 18.4. The van der Waals surface area contributed by atoms with Crippen LogP contribution in [0.4, 0.5) is 0 Å². The first-order chi connectivity index (χ1) is 12.0. The number of amides is 1. The first-order valence-corrected chi connectivity index (χ1v) is 7.74. The van der Waals surface area contributed by atoms with Gasteiger partial charge < -0.3 is 23.9 Å². The lowest BCUT2D eigenvalue weighted by molar-refractivity contribution is -0.144. The second kappa shape index (κ2) is 8.77. The number of esters is 1. The van der Waals surface area contributed by atoms with Crippen molar-refractivity contribution in [1.82, 2.24) is 5.32 Å². The summed E-state index contributed by atoms with van der Waals surface area (Å²) in [4.78, 5) is 23.5. The van der Waals surface area contributed by atoms with E-state index in [-0.39, 0.29) is 31.2 Å². The summed E-state index contributed by atoms with van der Waals surface area (Å²) in [6.07, 6.45) is 1.48. The van der Waals surface area contributed by atoms with Gasteiger partial charge in [-0.05, 0) is 42.3 Å². The predicted molar refractivity (Wildman–Crippen MR) is 89.7 cm³/mol. The first-order valence-electron chi connectivity index (χ1n) is 7.74. The van der Waals surface area contributed by atoms with Gasteiger partial charge in [0.15, 0.2) is 17.3 Å². The number of hydrogen-bond donors (Lipinski definition) is 1. The number of carbonyl (C=O) groups is 2. The lowest BCUT2D eigenvalue weighted by Crippen LogP contribution is -2.26. The minimum atomic E-state index is -0.408. The van der Waals surface area contributed by atoms with Crippen LogP contribution in [0.5, 0.6) is 11.5 Å². The molecule has 134 valence electrons. The topological polar surface area (TPSA) is 87.0 Å². The van der Waals surface area contributed by atoms with E-state index in [1.807, 2.05) is 13.0 Å². The van der Waals surface area contributed by atoms with Crippen LogP contribution in [0.3, 0.4) is 0 Å². The van der Waals surface area contributed by atoms with Crippen molar-refractivity contribution in [3.63, 3.8) is 0 Å². The van der Waals surface area contributed by atoms with Crippen LogP contribution < -0.4 is 14.8 Å². The molecule has 7 nitrogen and oxygen atoms in total. The minimum absolute atomic E-state index is 0.0682. The van der Waals surface area contributed by atoms with Gasteiger partial charge in [0.05, 0.1) is 26.9 Å². The molecule has 0 radical (unpaired) electrons. The molecule has 1 amide bonds. The zero-order valence-corrected chi connectivity index (χ0v) is 14.5. The molecular weight excluding hydrogens is 326 g/mol. The maximum Gasteiger partial charge on any atom is 0.307 e. The van der Waals surface area contributed by atoms with E-state index >= 15 is 0 Å². The summed E-state index contributed by atoms with van der Waals surface area (Å²) in [5.41, 5.74) is 1.75. The van der Waals surface area contributed by atoms with Crippen molar-refractivity contribution >= 4 is 11.9 Å². The molecule has 0 fully saturated rings. The number of carbonyl (C=O) groups excluding carboxylic acids is 2. The fraction of sp³-hybridized carbons (Fsp3) is 0.333. The quantitative estimate of drug-likeness (QED) is 0.738. The molecule has 0 aliphatic rings. The monoisotopic (exact) mass is 347 g/mol. The van der Waals surface area contributed by atoms with Crippen LogP contribution in [-0.4, -0.2) is 32.6 Å². The largest absolute Gasteiger partial charge is 0.493 e. The van der Waals surface area contributed by atoms with Crippen molar-refractivity contribution < 1.29 is 28.2 Å². The highest BCUT2D eigenvalue weighted by atomic mass is 16.5. The molecule has 0 bridgehead atoms. The van der Waals surface area contributed by atoms with E-state index in [0.717, 1.165) is 11.1 Å². The Hall–Kier alpha value is -2.96. The van der Waals surface area contributed by atoms with E-state index < -0.39 is 5.97 Å². The summed E-state index contributed by atoms with van der Waals surface area (Å²) in [6.45, 7) is 2.19. The van der Waals surface area contributed by atoms with E-state index in [2.05, 4.69) is 5.32 Å². The Labute approximate surface area is 145 Å². The smallest absolute Gasteiger partial charge is 0.307 e. The molecule has 2 aromatic rings. The molecule has 2 rings (SSSR count). The zero-order chi connectivity index (χ0) is 18.2. The van der Waals surface area contributed by atoms with Crippen LogP contribution in [0.15, 0.2) is 34.9 Å². The van der Waals surface area contributed by atoms with Crippen LogP contribution in [0.1, 0.15) is 28.1 Å². The number of methoxy groups -OCH3 is 2. The Morgan fingerprint density at radius 3 is 2.52 bits per heavy atom. The number of rotatable bonds is 8. The van der Waals surface area contributed by atoms with Crippen molar-refractivity contribution in [2.24, 2.45) is 0 Å². The Morgan fingerprint density at radius 2 is 1.88 bits per heavy atom. The van der Waals surface area contributed by atoms with Crippen molar-refractivity contribution in [3.8, 4) is 11.5 Å². The van der Waals surface area contributed by atoms with Gasteiger partial charge in [0.25, 0.3) is 5.91 Å². The van der Waals surface area contributed by atoms with Gasteiger partial charge in [-0.1, -0.05) is 0 Å². The molecule has 0 atom stereocenters. The van der Waals surface area contributed by atoms with E-state index in [4.69, 9.17) is 18.6 Å². The third-order valence-electron chi connectivity index (χ3n) is 3.59. The van der Waals surface area contributed by atoms with Crippen LogP contribution in [0.2, 0.25) is 0 Å². The summed E-state index contributed by atoms with van der Waals surface area (Å²) in [5, 5.41) is 2.59. The van der Waals surface area contributed by atoms with Crippen LogP contribution in [0, 0.1) is 6.92 Å². The minimum Gasteiger partial charge on any atom is -0.493 e. The second-order valence-corrected chi connectivity index (χ2v) is 5.28. The van der Waals surface area contributed by atoms with E-state index in [1.165, 1.54) is 6.26 Å². The fourth-order valence-corrected chi connectivity index (χ4v) is 2.18. The highest BCUT2D eigenvalue weighted by Gasteiger charge is 2.12. The molecular formula is C18H21NO6. The van der Waals surface area contributed by atoms with Crippen LogP contribution >= 0.6 is 0 Å². The molecule has 0 aliphatic heterocycles. The fourth-order valence-electron chi connectivity index (χ4n) is 2.18. The van der Waals surface area contributed by atoms with Crippen molar-refractivity contribution in [3.05, 3.63) is 47.4 Å². The summed E-state index contributed by atoms with van der Waals surface area (Å²) >= 11 is 0. The van der Waals surface area contributed by atoms with Gasteiger partial charge in [0, 0.05) is 6.54 Å². The number of nitrogens with one attached hydrogen (secondary N) is 1. The average Bonchev–Trinajstić information content (AvgIpc) is 3.15.